The Hall–Kier alpha value is -0.690. The quantitative estimate of drug-likeness (QED) is 0.702. The van der Waals surface area contributed by atoms with Gasteiger partial charge in [0.25, 0.3) is 0 Å². The summed E-state index contributed by atoms with van der Waals surface area (Å²) in [6, 6.07) is 0.615. The topological polar surface area (TPSA) is 65.0 Å². The van der Waals surface area contributed by atoms with Crippen LogP contribution in [-0.2, 0) is 9.53 Å². The highest BCUT2D eigenvalue weighted by Gasteiger charge is 2.34. The van der Waals surface area contributed by atoms with Crippen LogP contribution < -0.4 is 5.32 Å². The molecule has 2 heterocycles. The van der Waals surface area contributed by atoms with Crippen molar-refractivity contribution >= 4 is 5.97 Å². The summed E-state index contributed by atoms with van der Waals surface area (Å²) < 4.78 is 5.40. The number of carboxylic acids is 1. The van der Waals surface area contributed by atoms with Crippen LogP contribution in [0.3, 0.4) is 0 Å². The number of nitrogens with zero attached hydrogens (tertiary/aromatic N) is 2. The van der Waals surface area contributed by atoms with E-state index >= 15 is 0 Å². The van der Waals surface area contributed by atoms with Gasteiger partial charge in [-0.3, -0.25) is 9.69 Å². The molecule has 2 aliphatic rings. The molecule has 2 saturated heterocycles. The van der Waals surface area contributed by atoms with Crippen LogP contribution in [0.1, 0.15) is 26.7 Å². The van der Waals surface area contributed by atoms with E-state index in [0.29, 0.717) is 19.0 Å². The van der Waals surface area contributed by atoms with Crippen molar-refractivity contribution in [3.05, 3.63) is 0 Å². The summed E-state index contributed by atoms with van der Waals surface area (Å²) in [5.74, 6) is -0.756. The van der Waals surface area contributed by atoms with Gasteiger partial charge in [-0.25, -0.2) is 0 Å². The van der Waals surface area contributed by atoms with E-state index in [2.05, 4.69) is 15.1 Å². The van der Waals surface area contributed by atoms with Crippen LogP contribution in [0.5, 0.6) is 0 Å². The number of hydrogen-bond acceptors (Lipinski definition) is 5. The first-order chi connectivity index (χ1) is 10.0. The van der Waals surface area contributed by atoms with Crippen LogP contribution in [0.4, 0.5) is 0 Å². The maximum Gasteiger partial charge on any atom is 0.323 e. The van der Waals surface area contributed by atoms with Crippen LogP contribution in [0.15, 0.2) is 0 Å². The number of ether oxygens (including phenoxy) is 1. The van der Waals surface area contributed by atoms with Crippen molar-refractivity contribution in [2.45, 2.75) is 38.3 Å². The van der Waals surface area contributed by atoms with Gasteiger partial charge in [-0.15, -0.1) is 0 Å². The minimum atomic E-state index is -0.814. The fourth-order valence-electron chi connectivity index (χ4n) is 3.30. The van der Waals surface area contributed by atoms with Gasteiger partial charge in [0.2, 0.25) is 0 Å². The number of morpholine rings is 1. The lowest BCUT2D eigenvalue weighted by atomic mass is 9.97. The zero-order chi connectivity index (χ0) is 15.3. The van der Waals surface area contributed by atoms with E-state index in [-0.39, 0.29) is 0 Å². The normalized spacial score (nSPS) is 27.6. The maximum absolute atomic E-state index is 11.4. The number of aliphatic carboxylic acids is 1. The van der Waals surface area contributed by atoms with Gasteiger partial charge >= 0.3 is 5.97 Å². The average molecular weight is 299 g/mol. The van der Waals surface area contributed by atoms with E-state index in [0.717, 1.165) is 45.9 Å². The molecule has 2 unspecified atom stereocenters. The molecule has 0 aromatic rings. The lowest BCUT2D eigenvalue weighted by molar-refractivity contribution is -0.144. The Morgan fingerprint density at radius 1 is 1.38 bits per heavy atom. The van der Waals surface area contributed by atoms with Crippen molar-refractivity contribution in [2.24, 2.45) is 0 Å². The van der Waals surface area contributed by atoms with E-state index in [1.165, 1.54) is 6.42 Å². The highest BCUT2D eigenvalue weighted by molar-refractivity contribution is 5.78. The summed E-state index contributed by atoms with van der Waals surface area (Å²) in [6.07, 6.45) is 1.83. The molecular formula is C15H29N3O3. The van der Waals surface area contributed by atoms with Crippen molar-refractivity contribution in [1.29, 1.82) is 0 Å². The fraction of sp³-hybridized carbons (Fsp3) is 0.933. The number of nitrogens with one attached hydrogen (secondary N) is 1. The summed E-state index contributed by atoms with van der Waals surface area (Å²) in [6.45, 7) is 11.1. The third-order valence-corrected chi connectivity index (χ3v) is 4.78. The van der Waals surface area contributed by atoms with Crippen molar-refractivity contribution in [3.8, 4) is 0 Å². The molecule has 0 saturated carbocycles. The molecule has 2 atom stereocenters. The van der Waals surface area contributed by atoms with Crippen LogP contribution in [-0.4, -0.2) is 84.9 Å². The Bertz CT molecular complexity index is 347. The third-order valence-electron chi connectivity index (χ3n) is 4.78. The first kappa shape index (κ1) is 16.7. The molecule has 2 N–H and O–H groups in total. The highest BCUT2D eigenvalue weighted by atomic mass is 16.5. The second-order valence-corrected chi connectivity index (χ2v) is 6.31. The second-order valence-electron chi connectivity index (χ2n) is 6.31. The van der Waals surface area contributed by atoms with Crippen LogP contribution in [0.2, 0.25) is 0 Å². The number of carboxylic acid groups (broad SMARTS) is 1. The van der Waals surface area contributed by atoms with Crippen LogP contribution in [0, 0.1) is 0 Å². The number of rotatable bonds is 7. The van der Waals surface area contributed by atoms with Crippen molar-refractivity contribution in [1.82, 2.24) is 15.1 Å². The summed E-state index contributed by atoms with van der Waals surface area (Å²) in [5, 5.41) is 12.5. The highest BCUT2D eigenvalue weighted by Crippen LogP contribution is 2.19. The Kier molecular flexibility index (Phi) is 5.98. The Morgan fingerprint density at radius 3 is 2.71 bits per heavy atom. The first-order valence-corrected chi connectivity index (χ1v) is 8.08. The van der Waals surface area contributed by atoms with Gasteiger partial charge in [0.1, 0.15) is 5.54 Å². The van der Waals surface area contributed by atoms with E-state index < -0.39 is 11.5 Å². The molecule has 6 nitrogen and oxygen atoms in total. The SMILES string of the molecule is CCNC(C)(CCN1CCC(N2CCOCC2)C1)C(=O)O. The predicted octanol–water partition coefficient (Wildman–Crippen LogP) is 0.236. The van der Waals surface area contributed by atoms with E-state index in [9.17, 15) is 9.90 Å². The van der Waals surface area contributed by atoms with Crippen molar-refractivity contribution < 1.29 is 14.6 Å². The Balaban J connectivity index is 1.78. The molecule has 6 heteroatoms. The van der Waals surface area contributed by atoms with Gasteiger partial charge < -0.3 is 20.1 Å². The largest absolute Gasteiger partial charge is 0.480 e. The van der Waals surface area contributed by atoms with Crippen molar-refractivity contribution in [3.63, 3.8) is 0 Å². The zero-order valence-corrected chi connectivity index (χ0v) is 13.3. The molecule has 0 aliphatic carbocycles. The van der Waals surface area contributed by atoms with E-state index in [1.54, 1.807) is 6.92 Å². The summed E-state index contributed by atoms with van der Waals surface area (Å²) in [4.78, 5) is 16.3. The zero-order valence-electron chi connectivity index (χ0n) is 13.3. The van der Waals surface area contributed by atoms with Gasteiger partial charge in [0, 0.05) is 32.2 Å². The monoisotopic (exact) mass is 299 g/mol. The lowest BCUT2D eigenvalue weighted by Gasteiger charge is -2.32. The van der Waals surface area contributed by atoms with Crippen LogP contribution in [0.25, 0.3) is 0 Å². The summed E-state index contributed by atoms with van der Waals surface area (Å²) >= 11 is 0. The van der Waals surface area contributed by atoms with Gasteiger partial charge in [-0.1, -0.05) is 6.92 Å². The first-order valence-electron chi connectivity index (χ1n) is 8.08. The second kappa shape index (κ2) is 7.54. The van der Waals surface area contributed by atoms with Gasteiger partial charge in [0.15, 0.2) is 0 Å². The molecule has 2 aliphatic heterocycles. The minimum Gasteiger partial charge on any atom is -0.480 e. The number of likely N-dealkylation sites (tertiary alicyclic amines) is 1. The molecule has 0 radical (unpaired) electrons. The molecule has 0 bridgehead atoms. The number of carbonyl (C=O) groups is 1. The number of hydrogen-bond donors (Lipinski definition) is 2. The standard InChI is InChI=1S/C15H29N3O3/c1-3-16-15(2,14(19)20)5-7-17-6-4-13(12-17)18-8-10-21-11-9-18/h13,16H,3-12H2,1-2H3,(H,19,20). The molecule has 0 amide bonds. The maximum atomic E-state index is 11.4. The molecule has 122 valence electrons. The minimum absolute atomic E-state index is 0.615. The van der Waals surface area contributed by atoms with Crippen molar-refractivity contribution in [2.75, 3.05) is 52.5 Å². The third kappa shape index (κ3) is 4.39. The molecule has 0 aromatic heterocycles. The molecule has 0 aromatic carbocycles. The molecule has 0 spiro atoms. The summed E-state index contributed by atoms with van der Waals surface area (Å²) in [7, 11) is 0. The average Bonchev–Trinajstić information content (AvgIpc) is 2.95. The predicted molar refractivity (Wildman–Crippen MR) is 81.6 cm³/mol. The lowest BCUT2D eigenvalue weighted by Crippen LogP contribution is -2.51. The molecule has 2 fully saturated rings. The van der Waals surface area contributed by atoms with E-state index in [1.807, 2.05) is 6.92 Å². The van der Waals surface area contributed by atoms with Crippen LogP contribution >= 0.6 is 0 Å². The van der Waals surface area contributed by atoms with Gasteiger partial charge in [-0.05, 0) is 32.9 Å². The van der Waals surface area contributed by atoms with Gasteiger partial charge in [-0.2, -0.15) is 0 Å². The molecule has 21 heavy (non-hydrogen) atoms. The Labute approximate surface area is 127 Å². The smallest absolute Gasteiger partial charge is 0.323 e. The summed E-state index contributed by atoms with van der Waals surface area (Å²) in [5.41, 5.74) is -0.814. The fourth-order valence-corrected chi connectivity index (χ4v) is 3.30. The Morgan fingerprint density at radius 2 is 2.10 bits per heavy atom. The van der Waals surface area contributed by atoms with E-state index in [4.69, 9.17) is 4.74 Å². The van der Waals surface area contributed by atoms with Gasteiger partial charge in [0.05, 0.1) is 13.2 Å². The molecule has 2 rings (SSSR count). The number of likely N-dealkylation sites (N-methyl/N-ethyl adjacent to an activating group) is 1. The molecular weight excluding hydrogens is 270 g/mol.